The van der Waals surface area contributed by atoms with E-state index in [9.17, 15) is 13.2 Å². The third-order valence-corrected chi connectivity index (χ3v) is 4.29. The highest BCUT2D eigenvalue weighted by Gasteiger charge is 2.33. The standard InChI is InChI=1S/C11H12N4O4S/c1-19-15-8-5-20(17,18)9-4-6(2-3-7(8)9)10(16)14-11(12)13/h2-4H,5H2,1H3,(H4,12,13,14,16)/b15-8+. The SMILES string of the molecule is CO/N=C1\CS(=O)(=O)c2cc(C(=O)N=C(N)N)ccc21. The number of amides is 1. The number of fused-ring (bicyclic) bond motifs is 1. The second-order valence-electron chi connectivity index (χ2n) is 4.03. The fourth-order valence-corrected chi connectivity index (χ4v) is 3.41. The van der Waals surface area contributed by atoms with Crippen LogP contribution in [0.3, 0.4) is 0 Å². The number of hydrogen-bond donors (Lipinski definition) is 2. The quantitative estimate of drug-likeness (QED) is 0.418. The van der Waals surface area contributed by atoms with Gasteiger partial charge in [0.1, 0.15) is 18.6 Å². The molecule has 4 N–H and O–H groups in total. The Morgan fingerprint density at radius 1 is 1.35 bits per heavy atom. The second-order valence-corrected chi connectivity index (χ2v) is 5.99. The van der Waals surface area contributed by atoms with E-state index in [1.807, 2.05) is 0 Å². The number of guanidine groups is 1. The minimum Gasteiger partial charge on any atom is -0.399 e. The summed E-state index contributed by atoms with van der Waals surface area (Å²) >= 11 is 0. The smallest absolute Gasteiger partial charge is 0.280 e. The summed E-state index contributed by atoms with van der Waals surface area (Å²) in [6.45, 7) is 0. The molecule has 20 heavy (non-hydrogen) atoms. The first kappa shape index (κ1) is 14.0. The first-order valence-corrected chi connectivity index (χ1v) is 7.11. The summed E-state index contributed by atoms with van der Waals surface area (Å²) in [4.78, 5) is 19.7. The average molecular weight is 296 g/mol. The van der Waals surface area contributed by atoms with Gasteiger partial charge in [0.05, 0.1) is 4.90 Å². The number of oxime groups is 1. The zero-order valence-electron chi connectivity index (χ0n) is 10.5. The highest BCUT2D eigenvalue weighted by atomic mass is 32.2. The number of nitrogens with two attached hydrogens (primary N) is 2. The summed E-state index contributed by atoms with van der Waals surface area (Å²) in [5.74, 6) is -1.36. The van der Waals surface area contributed by atoms with Crippen LogP contribution in [0.2, 0.25) is 0 Å². The van der Waals surface area contributed by atoms with Gasteiger partial charge in [-0.05, 0) is 12.1 Å². The Balaban J connectivity index is 2.55. The van der Waals surface area contributed by atoms with Crippen molar-refractivity contribution in [3.05, 3.63) is 29.3 Å². The van der Waals surface area contributed by atoms with Gasteiger partial charge in [-0.3, -0.25) is 4.79 Å². The van der Waals surface area contributed by atoms with Crippen molar-refractivity contribution in [2.45, 2.75) is 4.90 Å². The Kier molecular flexibility index (Phi) is 3.45. The number of carbonyl (C=O) groups excluding carboxylic acids is 1. The summed E-state index contributed by atoms with van der Waals surface area (Å²) in [5.41, 5.74) is 11.0. The van der Waals surface area contributed by atoms with Crippen LogP contribution in [0.5, 0.6) is 0 Å². The number of rotatable bonds is 2. The topological polar surface area (TPSA) is 137 Å². The van der Waals surface area contributed by atoms with Crippen molar-refractivity contribution in [2.75, 3.05) is 12.9 Å². The normalized spacial score (nSPS) is 17.6. The Hall–Kier alpha value is -2.42. The number of aliphatic imine (C=N–C) groups is 1. The highest BCUT2D eigenvalue weighted by molar-refractivity contribution is 7.92. The third-order valence-electron chi connectivity index (χ3n) is 2.63. The molecule has 106 valence electrons. The van der Waals surface area contributed by atoms with Crippen molar-refractivity contribution >= 4 is 27.4 Å². The molecule has 0 unspecified atom stereocenters. The summed E-state index contributed by atoms with van der Waals surface area (Å²) in [7, 11) is -2.21. The highest BCUT2D eigenvalue weighted by Crippen LogP contribution is 2.27. The van der Waals surface area contributed by atoms with Crippen LogP contribution in [-0.4, -0.2) is 38.9 Å². The fourth-order valence-electron chi connectivity index (χ4n) is 1.85. The molecule has 0 fully saturated rings. The average Bonchev–Trinajstić information content (AvgIpc) is 2.60. The first-order chi connectivity index (χ1) is 9.35. The summed E-state index contributed by atoms with van der Waals surface area (Å²) in [5, 5.41) is 3.67. The predicted molar refractivity (Wildman–Crippen MR) is 72.2 cm³/mol. The van der Waals surface area contributed by atoms with Gasteiger partial charge in [0, 0.05) is 11.1 Å². The molecule has 2 rings (SSSR count). The lowest BCUT2D eigenvalue weighted by atomic mass is 10.1. The lowest BCUT2D eigenvalue weighted by Crippen LogP contribution is -2.24. The maximum absolute atomic E-state index is 12.0. The molecule has 8 nitrogen and oxygen atoms in total. The molecule has 1 aliphatic rings. The van der Waals surface area contributed by atoms with Gasteiger partial charge in [0.2, 0.25) is 0 Å². The Bertz CT molecular complexity index is 733. The Morgan fingerprint density at radius 3 is 2.65 bits per heavy atom. The zero-order valence-corrected chi connectivity index (χ0v) is 11.3. The molecule has 0 bridgehead atoms. The molecule has 0 spiro atoms. The van der Waals surface area contributed by atoms with Crippen LogP contribution >= 0.6 is 0 Å². The molecule has 0 aromatic heterocycles. The molecule has 1 amide bonds. The molecular formula is C11H12N4O4S. The molecule has 9 heteroatoms. The van der Waals surface area contributed by atoms with Gasteiger partial charge >= 0.3 is 0 Å². The van der Waals surface area contributed by atoms with E-state index in [0.29, 0.717) is 11.3 Å². The van der Waals surface area contributed by atoms with E-state index in [1.165, 1.54) is 25.3 Å². The van der Waals surface area contributed by atoms with Crippen molar-refractivity contribution in [1.82, 2.24) is 0 Å². The van der Waals surface area contributed by atoms with Crippen LogP contribution in [-0.2, 0) is 14.7 Å². The van der Waals surface area contributed by atoms with Crippen LogP contribution < -0.4 is 11.5 Å². The monoisotopic (exact) mass is 296 g/mol. The largest absolute Gasteiger partial charge is 0.399 e. The summed E-state index contributed by atoms with van der Waals surface area (Å²) in [6.07, 6.45) is 0. The van der Waals surface area contributed by atoms with Crippen LogP contribution in [0.25, 0.3) is 0 Å². The van der Waals surface area contributed by atoms with Gasteiger partial charge < -0.3 is 16.3 Å². The Labute approximate surface area is 115 Å². The fraction of sp³-hybridized carbons (Fsp3) is 0.182. The van der Waals surface area contributed by atoms with Crippen LogP contribution in [0, 0.1) is 0 Å². The lowest BCUT2D eigenvalue weighted by Gasteiger charge is -2.01. The molecule has 1 aliphatic heterocycles. The van der Waals surface area contributed by atoms with Crippen molar-refractivity contribution in [3.8, 4) is 0 Å². The van der Waals surface area contributed by atoms with Crippen LogP contribution in [0.4, 0.5) is 0 Å². The number of sulfone groups is 1. The molecule has 0 atom stereocenters. The Morgan fingerprint density at radius 2 is 2.05 bits per heavy atom. The van der Waals surface area contributed by atoms with E-state index < -0.39 is 15.7 Å². The molecular weight excluding hydrogens is 284 g/mol. The number of nitrogens with zero attached hydrogens (tertiary/aromatic N) is 2. The van der Waals surface area contributed by atoms with Crippen LogP contribution in [0.1, 0.15) is 15.9 Å². The first-order valence-electron chi connectivity index (χ1n) is 5.46. The molecule has 0 saturated carbocycles. The van der Waals surface area contributed by atoms with E-state index in [4.69, 9.17) is 11.5 Å². The maximum Gasteiger partial charge on any atom is 0.280 e. The minimum atomic E-state index is -3.54. The third kappa shape index (κ3) is 2.48. The minimum absolute atomic E-state index is 0.0185. The van der Waals surface area contributed by atoms with Crippen LogP contribution in [0.15, 0.2) is 33.2 Å². The zero-order chi connectivity index (χ0) is 14.9. The van der Waals surface area contributed by atoms with Gasteiger partial charge in [-0.15, -0.1) is 0 Å². The van der Waals surface area contributed by atoms with E-state index >= 15 is 0 Å². The second kappa shape index (κ2) is 4.93. The number of carbonyl (C=O) groups is 1. The van der Waals surface area contributed by atoms with Crippen molar-refractivity contribution < 1.29 is 18.0 Å². The lowest BCUT2D eigenvalue weighted by molar-refractivity contribution is 0.100. The molecule has 1 heterocycles. The predicted octanol–water partition coefficient (Wildman–Crippen LogP) is -0.762. The summed E-state index contributed by atoms with van der Waals surface area (Å²) in [6, 6.07) is 4.14. The van der Waals surface area contributed by atoms with Gasteiger partial charge in [0.15, 0.2) is 15.8 Å². The van der Waals surface area contributed by atoms with Crippen molar-refractivity contribution in [2.24, 2.45) is 21.6 Å². The summed E-state index contributed by atoms with van der Waals surface area (Å²) < 4.78 is 24.0. The molecule has 0 radical (unpaired) electrons. The molecule has 1 aromatic rings. The van der Waals surface area contributed by atoms with E-state index in [-0.39, 0.29) is 22.2 Å². The van der Waals surface area contributed by atoms with E-state index in [0.717, 1.165) is 0 Å². The number of benzene rings is 1. The van der Waals surface area contributed by atoms with Gasteiger partial charge in [0.25, 0.3) is 5.91 Å². The van der Waals surface area contributed by atoms with Crippen molar-refractivity contribution in [1.29, 1.82) is 0 Å². The van der Waals surface area contributed by atoms with E-state index in [1.54, 1.807) is 0 Å². The molecule has 1 aromatic carbocycles. The van der Waals surface area contributed by atoms with Crippen molar-refractivity contribution in [3.63, 3.8) is 0 Å². The van der Waals surface area contributed by atoms with E-state index in [2.05, 4.69) is 15.0 Å². The molecule has 0 saturated heterocycles. The van der Waals surface area contributed by atoms with Gasteiger partial charge in [-0.25, -0.2) is 8.42 Å². The maximum atomic E-state index is 12.0. The van der Waals surface area contributed by atoms with Gasteiger partial charge in [-0.2, -0.15) is 4.99 Å². The molecule has 0 aliphatic carbocycles. The number of hydrogen-bond acceptors (Lipinski definition) is 5. The van der Waals surface area contributed by atoms with Gasteiger partial charge in [-0.1, -0.05) is 11.2 Å².